The zero-order valence-electron chi connectivity index (χ0n) is 5.34. The third kappa shape index (κ3) is 4260. The van der Waals surface area contributed by atoms with Crippen molar-refractivity contribution >= 4 is 8.63 Å². The van der Waals surface area contributed by atoms with Gasteiger partial charge in [-0.15, -0.1) is 0 Å². The van der Waals surface area contributed by atoms with Gasteiger partial charge in [-0.2, -0.15) is 11.7 Å². The summed E-state index contributed by atoms with van der Waals surface area (Å²) in [4.78, 5) is 0. The summed E-state index contributed by atoms with van der Waals surface area (Å²) < 4.78 is 59.3. The average molecular weight is 208 g/mol. The standard InChI is InChI=1S/F6Si.2H4N2/c1-7(2,3,4,5)6;2*1-2/h;2*1-2H2/q-2;;/p+2. The predicted molar refractivity (Wildman–Crippen MR) is 26.6 cm³/mol. The van der Waals surface area contributed by atoms with Crippen LogP contribution in [-0.2, 0) is 0 Å². The Labute approximate surface area is 57.9 Å². The van der Waals surface area contributed by atoms with E-state index in [4.69, 9.17) is 0 Å². The third-order valence-electron chi connectivity index (χ3n) is 0. The summed E-state index contributed by atoms with van der Waals surface area (Å²) >= 11 is 0. The minimum atomic E-state index is -10.8. The van der Waals surface area contributed by atoms with Gasteiger partial charge in [-0.3, -0.25) is 11.7 Å². The first-order chi connectivity index (χ1) is 4.45. The van der Waals surface area contributed by atoms with Crippen molar-refractivity contribution in [3.63, 3.8) is 0 Å². The molecule has 0 aromatic carbocycles. The average Bonchev–Trinajstić information content (AvgIpc) is 1.68. The van der Waals surface area contributed by atoms with Gasteiger partial charge >= 0.3 is 33.3 Å². The molecule has 0 saturated carbocycles. The molecule has 0 aliphatic rings. The van der Waals surface area contributed by atoms with Gasteiger partial charge in [0.2, 0.25) is 0 Å². The van der Waals surface area contributed by atoms with E-state index in [9.17, 15) is 24.6 Å². The first-order valence-corrected chi connectivity index (χ1v) is 4.22. The van der Waals surface area contributed by atoms with Crippen molar-refractivity contribution in [1.82, 2.24) is 0 Å². The molecule has 11 heteroatoms. The molecule has 0 saturated heterocycles. The molecule has 0 fully saturated rings. The van der Waals surface area contributed by atoms with E-state index < -0.39 is 8.63 Å². The first-order valence-electron chi connectivity index (χ1n) is 1.95. The summed E-state index contributed by atoms with van der Waals surface area (Å²) in [6.45, 7) is 0. The second-order valence-corrected chi connectivity index (χ2v) is 3.21. The molecule has 0 aliphatic heterocycles. The van der Waals surface area contributed by atoms with Crippen molar-refractivity contribution in [2.24, 2.45) is 11.7 Å². The van der Waals surface area contributed by atoms with Crippen molar-refractivity contribution < 1.29 is 36.3 Å². The third-order valence-corrected chi connectivity index (χ3v) is 0. The van der Waals surface area contributed by atoms with Gasteiger partial charge in [0.15, 0.2) is 0 Å². The van der Waals surface area contributed by atoms with Crippen molar-refractivity contribution in [1.29, 1.82) is 0 Å². The molecule has 0 atom stereocenters. The van der Waals surface area contributed by atoms with Gasteiger partial charge in [0.25, 0.3) is 0 Å². The zero-order chi connectivity index (χ0) is 10.4. The van der Waals surface area contributed by atoms with Gasteiger partial charge in [-0.25, -0.2) is 0 Å². The Morgan fingerprint density at radius 2 is 0.636 bits per heavy atom. The summed E-state index contributed by atoms with van der Waals surface area (Å²) in [7, 11) is -10.8. The molecule has 0 aliphatic carbocycles. The zero-order valence-corrected chi connectivity index (χ0v) is 6.34. The van der Waals surface area contributed by atoms with E-state index in [0.717, 1.165) is 0 Å². The van der Waals surface area contributed by atoms with Crippen molar-refractivity contribution in [3.8, 4) is 0 Å². The second-order valence-electron chi connectivity index (χ2n) is 1.07. The molecule has 10 N–H and O–H groups in total. The molecule has 0 heterocycles. The maximum absolute atomic E-state index is 10.8. The number of halogens is 6. The molecule has 0 spiro atoms. The fourth-order valence-corrected chi connectivity index (χ4v) is 0. The molecular weight excluding hydrogens is 198 g/mol. The molecule has 0 rings (SSSR count). The topological polar surface area (TPSA) is 107 Å². The van der Waals surface area contributed by atoms with E-state index in [1.54, 1.807) is 0 Å². The normalized spacial score (nSPS) is 15.8. The number of nitrogens with two attached hydrogens (primary N) is 2. The number of hydrogen-bond acceptors (Lipinski definition) is 2. The summed E-state index contributed by atoms with van der Waals surface area (Å²) in [6, 6.07) is 0. The van der Waals surface area contributed by atoms with Crippen LogP contribution in [-0.4, -0.2) is 8.63 Å². The monoisotopic (exact) mass is 208 g/mol. The van der Waals surface area contributed by atoms with Crippen LogP contribution in [0.3, 0.4) is 0 Å². The Hall–Kier alpha value is -0.363. The Bertz CT molecular complexity index is 73.1. The summed E-state index contributed by atoms with van der Waals surface area (Å²) in [6.07, 6.45) is 0. The van der Waals surface area contributed by atoms with Gasteiger partial charge in [0.1, 0.15) is 0 Å². The van der Waals surface area contributed by atoms with E-state index in [1.165, 1.54) is 0 Å². The summed E-state index contributed by atoms with van der Waals surface area (Å²) in [5, 5.41) is 0. The molecule has 11 heavy (non-hydrogen) atoms. The molecule has 0 aromatic rings. The van der Waals surface area contributed by atoms with Crippen LogP contribution in [0.4, 0.5) is 24.6 Å². The minimum Gasteiger partial charge on any atom is -0.283 e. The van der Waals surface area contributed by atoms with Crippen LogP contribution in [0.15, 0.2) is 0 Å². The van der Waals surface area contributed by atoms with E-state index in [1.807, 2.05) is 0 Å². The van der Waals surface area contributed by atoms with Crippen LogP contribution in [0, 0.1) is 0 Å². The van der Waals surface area contributed by atoms with E-state index in [0.29, 0.717) is 0 Å². The van der Waals surface area contributed by atoms with Gasteiger partial charge in [-0.05, 0) is 0 Å². The number of hydrogen-bond donors (Lipinski definition) is 4. The Morgan fingerprint density at radius 1 is 0.636 bits per heavy atom. The van der Waals surface area contributed by atoms with Crippen molar-refractivity contribution in [2.45, 2.75) is 0 Å². The van der Waals surface area contributed by atoms with Crippen molar-refractivity contribution in [3.05, 3.63) is 0 Å². The van der Waals surface area contributed by atoms with E-state index in [-0.39, 0.29) is 0 Å². The Kier molecular flexibility index (Phi) is 5.17. The molecule has 0 radical (unpaired) electrons. The van der Waals surface area contributed by atoms with Crippen molar-refractivity contribution in [2.75, 3.05) is 0 Å². The molecule has 4 nitrogen and oxygen atoms in total. The van der Waals surface area contributed by atoms with Gasteiger partial charge in [0.05, 0.1) is 0 Å². The van der Waals surface area contributed by atoms with Crippen LogP contribution in [0.2, 0.25) is 0 Å². The molecule has 0 unspecified atom stereocenters. The van der Waals surface area contributed by atoms with Gasteiger partial charge in [0, 0.05) is 0 Å². The molecule has 0 aromatic heterocycles. The van der Waals surface area contributed by atoms with Crippen LogP contribution >= 0.6 is 0 Å². The summed E-state index contributed by atoms with van der Waals surface area (Å²) in [5.74, 6) is 14.0. The first kappa shape index (κ1) is 16.9. The van der Waals surface area contributed by atoms with Crippen LogP contribution < -0.4 is 23.4 Å². The quantitative estimate of drug-likeness (QED) is 0.126. The van der Waals surface area contributed by atoms with Gasteiger partial charge < -0.3 is 0 Å². The molecule has 0 bridgehead atoms. The van der Waals surface area contributed by atoms with Crippen LogP contribution in [0.5, 0.6) is 0 Å². The number of rotatable bonds is 0. The van der Waals surface area contributed by atoms with Gasteiger partial charge in [-0.1, -0.05) is 0 Å². The molecular formula is H10F6N4Si. The van der Waals surface area contributed by atoms with E-state index in [2.05, 4.69) is 23.4 Å². The number of quaternary nitrogens is 2. The second kappa shape index (κ2) is 3.36. The SMILES string of the molecule is F[Si-2](F)(F)(F)(F)F.N[NH3+].N[NH3+]. The largest absolute Gasteiger partial charge is 0.283 e. The fourth-order valence-electron chi connectivity index (χ4n) is 0. The van der Waals surface area contributed by atoms with E-state index >= 15 is 0 Å². The smallest absolute Gasteiger partial charge is 0.185 e. The fraction of sp³-hybridized carbons (Fsp3) is 0. The summed E-state index contributed by atoms with van der Waals surface area (Å²) in [5.41, 5.74) is 0. The Morgan fingerprint density at radius 3 is 0.636 bits per heavy atom. The predicted octanol–water partition coefficient (Wildman–Crippen LogP) is -1.66. The van der Waals surface area contributed by atoms with Crippen LogP contribution in [0.25, 0.3) is 0 Å². The maximum Gasteiger partial charge on any atom is -0.185 e. The maximum atomic E-state index is 9.88. The molecule has 0 amide bonds. The molecule has 76 valence electrons. The minimum absolute atomic E-state index is 2.75. The van der Waals surface area contributed by atoms with Crippen LogP contribution in [0.1, 0.15) is 0 Å². The Balaban J connectivity index is -0.000000138.